The number of sulfonamides is 1. The summed E-state index contributed by atoms with van der Waals surface area (Å²) >= 11 is 2.08. The minimum Gasteiger partial charge on any atom is -0.378 e. The van der Waals surface area contributed by atoms with E-state index < -0.39 is 28.1 Å². The number of benzene rings is 2. The van der Waals surface area contributed by atoms with Crippen molar-refractivity contribution in [3.05, 3.63) is 115 Å². The molecule has 12 heteroatoms. The van der Waals surface area contributed by atoms with Gasteiger partial charge in [0, 0.05) is 53.8 Å². The fourth-order valence-corrected chi connectivity index (χ4v) is 8.15. The van der Waals surface area contributed by atoms with Crippen molar-refractivity contribution in [1.29, 1.82) is 0 Å². The summed E-state index contributed by atoms with van der Waals surface area (Å²) in [5.74, 6) is -0.770. The highest BCUT2D eigenvalue weighted by Gasteiger charge is 2.43. The van der Waals surface area contributed by atoms with Crippen LogP contribution in [0.15, 0.2) is 93.4 Å². The number of dihydropyridines is 1. The average Bonchev–Trinajstić information content (AvgIpc) is 3.40. The third-order valence-electron chi connectivity index (χ3n) is 8.31. The van der Waals surface area contributed by atoms with Gasteiger partial charge in [-0.05, 0) is 103 Å². The molecule has 0 radical (unpaired) electrons. The molecule has 3 atom stereocenters. The maximum atomic E-state index is 14.4. The molecule has 1 saturated heterocycles. The molecule has 1 fully saturated rings. The van der Waals surface area contributed by atoms with Gasteiger partial charge in [0.05, 0.1) is 29.8 Å². The second-order valence-corrected chi connectivity index (χ2v) is 14.9. The van der Waals surface area contributed by atoms with E-state index in [1.165, 1.54) is 16.4 Å². The number of hydrogen-bond donors (Lipinski definition) is 0. The summed E-state index contributed by atoms with van der Waals surface area (Å²) in [4.78, 5) is 22.9. The van der Waals surface area contributed by atoms with Gasteiger partial charge in [0.1, 0.15) is 12.0 Å². The zero-order valence-electron chi connectivity index (χ0n) is 25.3. The van der Waals surface area contributed by atoms with E-state index in [4.69, 9.17) is 9.73 Å². The van der Waals surface area contributed by atoms with Gasteiger partial charge in [-0.2, -0.15) is 0 Å². The van der Waals surface area contributed by atoms with Crippen molar-refractivity contribution in [3.63, 3.8) is 0 Å². The zero-order valence-corrected chi connectivity index (χ0v) is 28.3. The number of hydrogen-bond acceptors (Lipinski definition) is 7. The van der Waals surface area contributed by atoms with Crippen molar-refractivity contribution in [2.75, 3.05) is 46.9 Å². The molecule has 3 unspecified atom stereocenters. The van der Waals surface area contributed by atoms with Gasteiger partial charge >= 0.3 is 0 Å². The van der Waals surface area contributed by atoms with Gasteiger partial charge in [-0.3, -0.25) is 9.79 Å². The zero-order chi connectivity index (χ0) is 31.9. The van der Waals surface area contributed by atoms with Crippen LogP contribution in [0.4, 0.5) is 4.39 Å². The maximum Gasteiger partial charge on any atom is 0.265 e. The SMILES string of the molecule is Cc1ccc(S(=O)(=O)N2C=C(c3ccn(C(CN(C)C)c4cc(F)cc(I)c4)c(=O)c3)C3C=C(N4CCOCC4)C=NC32)cc1. The first kappa shape index (κ1) is 31.6. The summed E-state index contributed by atoms with van der Waals surface area (Å²) < 4.78 is 51.5. The second kappa shape index (κ2) is 12.8. The highest BCUT2D eigenvalue weighted by Crippen LogP contribution is 2.42. The molecule has 45 heavy (non-hydrogen) atoms. The van der Waals surface area contributed by atoms with E-state index in [0.717, 1.165) is 14.8 Å². The van der Waals surface area contributed by atoms with Crippen molar-refractivity contribution in [2.45, 2.75) is 24.0 Å². The highest BCUT2D eigenvalue weighted by molar-refractivity contribution is 14.1. The lowest BCUT2D eigenvalue weighted by atomic mass is 9.91. The van der Waals surface area contributed by atoms with Crippen LogP contribution in [0.2, 0.25) is 0 Å². The summed E-state index contributed by atoms with van der Waals surface area (Å²) in [6.45, 7) is 5.02. The molecule has 0 bridgehead atoms. The van der Waals surface area contributed by atoms with Crippen LogP contribution in [0.3, 0.4) is 0 Å². The number of ether oxygens (including phenoxy) is 1. The summed E-state index contributed by atoms with van der Waals surface area (Å²) in [6, 6.07) is 14.5. The molecule has 0 amide bonds. The first-order valence-corrected chi connectivity index (χ1v) is 17.3. The lowest BCUT2D eigenvalue weighted by Gasteiger charge is -2.34. The van der Waals surface area contributed by atoms with E-state index in [1.807, 2.05) is 38.1 Å². The Morgan fingerprint density at radius 2 is 1.82 bits per heavy atom. The van der Waals surface area contributed by atoms with Crippen LogP contribution in [0.25, 0.3) is 5.57 Å². The number of pyridine rings is 1. The fraction of sp³-hybridized carbons (Fsp3) is 0.333. The van der Waals surface area contributed by atoms with E-state index >= 15 is 0 Å². The van der Waals surface area contributed by atoms with Crippen LogP contribution in [-0.4, -0.2) is 86.4 Å². The van der Waals surface area contributed by atoms with Gasteiger partial charge in [-0.25, -0.2) is 17.1 Å². The molecule has 236 valence electrons. The molecular weight excluding hydrogens is 708 g/mol. The summed E-state index contributed by atoms with van der Waals surface area (Å²) in [7, 11) is -0.127. The van der Waals surface area contributed by atoms with Gasteiger partial charge in [0.15, 0.2) is 0 Å². The van der Waals surface area contributed by atoms with Gasteiger partial charge in [0.25, 0.3) is 15.6 Å². The molecule has 0 aliphatic carbocycles. The number of nitrogens with zero attached hydrogens (tertiary/aromatic N) is 5. The quantitative estimate of drug-likeness (QED) is 0.320. The fourth-order valence-electron chi connectivity index (χ4n) is 6.05. The molecule has 9 nitrogen and oxygen atoms in total. The predicted molar refractivity (Wildman–Crippen MR) is 181 cm³/mol. The highest BCUT2D eigenvalue weighted by atomic mass is 127. The molecule has 4 heterocycles. The molecule has 3 aliphatic heterocycles. The number of rotatable bonds is 8. The molecule has 3 aromatic rings. The maximum absolute atomic E-state index is 14.4. The molecule has 1 aromatic heterocycles. The molecule has 0 spiro atoms. The van der Waals surface area contributed by atoms with Gasteiger partial charge in [-0.15, -0.1) is 0 Å². The number of morpholine rings is 1. The molecular formula is C33H35FIN5O4S. The van der Waals surface area contributed by atoms with E-state index in [1.54, 1.807) is 53.5 Å². The van der Waals surface area contributed by atoms with E-state index in [0.29, 0.717) is 49.5 Å². The van der Waals surface area contributed by atoms with Crippen LogP contribution in [0.5, 0.6) is 0 Å². The van der Waals surface area contributed by atoms with Crippen molar-refractivity contribution < 1.29 is 17.5 Å². The Morgan fingerprint density at radius 1 is 1.09 bits per heavy atom. The Kier molecular flexibility index (Phi) is 9.01. The Bertz CT molecular complexity index is 1830. The molecule has 6 rings (SSSR count). The normalized spacial score (nSPS) is 20.7. The average molecular weight is 744 g/mol. The number of fused-ring (bicyclic) bond motifs is 1. The lowest BCUT2D eigenvalue weighted by Crippen LogP contribution is -2.40. The predicted octanol–water partition coefficient (Wildman–Crippen LogP) is 4.34. The second-order valence-electron chi connectivity index (χ2n) is 11.8. The third-order valence-corrected chi connectivity index (χ3v) is 10.7. The first-order chi connectivity index (χ1) is 21.5. The number of aromatic nitrogens is 1. The third kappa shape index (κ3) is 6.51. The number of halogens is 2. The van der Waals surface area contributed by atoms with Gasteiger partial charge in [0.2, 0.25) is 0 Å². The Morgan fingerprint density at radius 3 is 2.49 bits per heavy atom. The Hall–Kier alpha value is -3.33. The Labute approximate surface area is 276 Å². The Balaban J connectivity index is 1.42. The van der Waals surface area contributed by atoms with Crippen LogP contribution in [-0.2, 0) is 14.8 Å². The minimum absolute atomic E-state index is 0.175. The standard InChI is InChI=1S/C33H35FIN5O4S/c1-22-4-6-28(7-5-22)45(42,43)40-20-30(29-18-27(19-36-33(29)40)38-10-12-44-13-11-38)23-8-9-39(32(41)16-23)31(21-37(2)3)24-14-25(34)17-26(35)15-24/h4-9,14-20,29,31,33H,10-13,21H2,1-3H3. The summed E-state index contributed by atoms with van der Waals surface area (Å²) in [5.41, 5.74) is 3.58. The van der Waals surface area contributed by atoms with Crippen molar-refractivity contribution in [2.24, 2.45) is 10.9 Å². The smallest absolute Gasteiger partial charge is 0.265 e. The van der Waals surface area contributed by atoms with E-state index in [-0.39, 0.29) is 16.3 Å². The first-order valence-electron chi connectivity index (χ1n) is 14.7. The van der Waals surface area contributed by atoms with Crippen LogP contribution < -0.4 is 5.56 Å². The van der Waals surface area contributed by atoms with Crippen molar-refractivity contribution in [3.8, 4) is 0 Å². The monoisotopic (exact) mass is 743 g/mol. The molecule has 0 saturated carbocycles. The summed E-state index contributed by atoms with van der Waals surface area (Å²) in [6.07, 6.45) is 6.40. The van der Waals surface area contributed by atoms with Gasteiger partial charge < -0.3 is 19.1 Å². The largest absolute Gasteiger partial charge is 0.378 e. The number of aliphatic imine (C=N–C) groups is 1. The lowest BCUT2D eigenvalue weighted by molar-refractivity contribution is 0.0562. The van der Waals surface area contributed by atoms with E-state index in [9.17, 15) is 17.6 Å². The van der Waals surface area contributed by atoms with E-state index in [2.05, 4.69) is 33.6 Å². The number of likely N-dealkylation sites (N-methyl/N-ethyl adjacent to an activating group) is 1. The molecule has 0 N–H and O–H groups in total. The van der Waals surface area contributed by atoms with Crippen molar-refractivity contribution >= 4 is 44.4 Å². The summed E-state index contributed by atoms with van der Waals surface area (Å²) in [5, 5.41) is 0. The van der Waals surface area contributed by atoms with Crippen LogP contribution >= 0.6 is 22.6 Å². The molecule has 3 aliphatic rings. The minimum atomic E-state index is -3.94. The number of allylic oxidation sites excluding steroid dienone is 1. The van der Waals surface area contributed by atoms with Crippen LogP contribution in [0.1, 0.15) is 22.7 Å². The molecule has 2 aromatic carbocycles. The van der Waals surface area contributed by atoms with Gasteiger partial charge in [-0.1, -0.05) is 17.7 Å². The number of aryl methyl sites for hydroxylation is 1. The van der Waals surface area contributed by atoms with Crippen molar-refractivity contribution in [1.82, 2.24) is 18.7 Å². The topological polar surface area (TPSA) is 87.5 Å². The van der Waals surface area contributed by atoms with Crippen LogP contribution in [0, 0.1) is 22.2 Å².